The van der Waals surface area contributed by atoms with Crippen molar-refractivity contribution in [2.45, 2.75) is 12.8 Å². The molecule has 0 atom stereocenters. The molecule has 1 aromatic heterocycles. The Hall–Kier alpha value is -2.30. The van der Waals surface area contributed by atoms with Gasteiger partial charge >= 0.3 is 0 Å². The van der Waals surface area contributed by atoms with E-state index < -0.39 is 0 Å². The first kappa shape index (κ1) is 13.7. The standard InChI is InChI=1S/C16H20N4O/c1-19(11-15(21)20-9-2-3-10-20)14-7-6-13-12(16(14)17)5-4-8-18-13/h4-8H,2-3,9-11,17H2,1H3. The molecule has 0 unspecified atom stereocenters. The van der Waals surface area contributed by atoms with E-state index in [1.807, 2.05) is 41.1 Å². The van der Waals surface area contributed by atoms with E-state index in [1.54, 1.807) is 6.20 Å². The minimum atomic E-state index is 0.167. The number of nitrogens with two attached hydrogens (primary N) is 1. The lowest BCUT2D eigenvalue weighted by molar-refractivity contribution is -0.128. The Balaban J connectivity index is 1.82. The summed E-state index contributed by atoms with van der Waals surface area (Å²) in [5.74, 6) is 0.167. The third kappa shape index (κ3) is 2.63. The van der Waals surface area contributed by atoms with E-state index in [9.17, 15) is 4.79 Å². The fourth-order valence-electron chi connectivity index (χ4n) is 2.85. The summed E-state index contributed by atoms with van der Waals surface area (Å²) in [6, 6.07) is 7.70. The number of carbonyl (C=O) groups is 1. The second-order valence-corrected chi connectivity index (χ2v) is 5.51. The number of fused-ring (bicyclic) bond motifs is 1. The number of carbonyl (C=O) groups excluding carboxylic acids is 1. The summed E-state index contributed by atoms with van der Waals surface area (Å²) in [4.78, 5) is 20.4. The van der Waals surface area contributed by atoms with Gasteiger partial charge in [0.05, 0.1) is 23.4 Å². The van der Waals surface area contributed by atoms with Gasteiger partial charge in [0.25, 0.3) is 0 Å². The molecule has 1 aliphatic rings. The molecule has 2 aromatic rings. The number of amides is 1. The molecule has 0 saturated carbocycles. The van der Waals surface area contributed by atoms with Gasteiger partial charge < -0.3 is 15.5 Å². The Morgan fingerprint density at radius 2 is 2.10 bits per heavy atom. The molecule has 0 spiro atoms. The van der Waals surface area contributed by atoms with Gasteiger partial charge in [0, 0.05) is 31.7 Å². The third-order valence-electron chi connectivity index (χ3n) is 4.05. The number of aromatic nitrogens is 1. The molecular weight excluding hydrogens is 264 g/mol. The molecule has 5 nitrogen and oxygen atoms in total. The highest BCUT2D eigenvalue weighted by Gasteiger charge is 2.20. The number of likely N-dealkylation sites (N-methyl/N-ethyl adjacent to an activating group) is 1. The normalized spacial score (nSPS) is 14.6. The first-order valence-electron chi connectivity index (χ1n) is 7.29. The van der Waals surface area contributed by atoms with Crippen LogP contribution < -0.4 is 10.6 Å². The number of benzene rings is 1. The third-order valence-corrected chi connectivity index (χ3v) is 4.05. The Bertz CT molecular complexity index is 664. The average molecular weight is 284 g/mol. The summed E-state index contributed by atoms with van der Waals surface area (Å²) in [5.41, 5.74) is 8.67. The molecule has 21 heavy (non-hydrogen) atoms. The number of likely N-dealkylation sites (tertiary alicyclic amines) is 1. The first-order valence-corrected chi connectivity index (χ1v) is 7.29. The molecule has 0 radical (unpaired) electrons. The SMILES string of the molecule is CN(CC(=O)N1CCCC1)c1ccc2ncccc2c1N. The largest absolute Gasteiger partial charge is 0.396 e. The van der Waals surface area contributed by atoms with Crippen molar-refractivity contribution >= 4 is 28.2 Å². The van der Waals surface area contributed by atoms with Crippen molar-refractivity contribution in [1.29, 1.82) is 0 Å². The van der Waals surface area contributed by atoms with Crippen LogP contribution in [-0.2, 0) is 4.79 Å². The molecule has 1 amide bonds. The van der Waals surface area contributed by atoms with Gasteiger partial charge in [-0.15, -0.1) is 0 Å². The van der Waals surface area contributed by atoms with Gasteiger partial charge in [0.15, 0.2) is 0 Å². The average Bonchev–Trinajstić information content (AvgIpc) is 3.02. The minimum absolute atomic E-state index is 0.167. The predicted octanol–water partition coefficient (Wildman–Crippen LogP) is 1.88. The van der Waals surface area contributed by atoms with Crippen molar-refractivity contribution in [3.05, 3.63) is 30.5 Å². The van der Waals surface area contributed by atoms with E-state index in [2.05, 4.69) is 4.98 Å². The van der Waals surface area contributed by atoms with Gasteiger partial charge in [-0.2, -0.15) is 0 Å². The second-order valence-electron chi connectivity index (χ2n) is 5.51. The minimum Gasteiger partial charge on any atom is -0.396 e. The van der Waals surface area contributed by atoms with Gasteiger partial charge in [-0.05, 0) is 37.1 Å². The quantitative estimate of drug-likeness (QED) is 0.874. The zero-order chi connectivity index (χ0) is 14.8. The van der Waals surface area contributed by atoms with Crippen molar-refractivity contribution in [3.63, 3.8) is 0 Å². The maximum absolute atomic E-state index is 12.2. The smallest absolute Gasteiger partial charge is 0.242 e. The fourth-order valence-corrected chi connectivity index (χ4v) is 2.85. The second kappa shape index (κ2) is 5.60. The molecule has 3 rings (SSSR count). The molecule has 110 valence electrons. The van der Waals surface area contributed by atoms with Crippen LogP contribution in [0.2, 0.25) is 0 Å². The van der Waals surface area contributed by atoms with Crippen molar-refractivity contribution in [2.24, 2.45) is 0 Å². The van der Waals surface area contributed by atoms with E-state index in [-0.39, 0.29) is 5.91 Å². The molecule has 2 N–H and O–H groups in total. The zero-order valence-electron chi connectivity index (χ0n) is 12.2. The van der Waals surface area contributed by atoms with Crippen molar-refractivity contribution in [2.75, 3.05) is 37.3 Å². The summed E-state index contributed by atoms with van der Waals surface area (Å²) in [7, 11) is 1.90. The maximum atomic E-state index is 12.2. The molecule has 1 aliphatic heterocycles. The summed E-state index contributed by atoms with van der Waals surface area (Å²) >= 11 is 0. The van der Waals surface area contributed by atoms with Crippen molar-refractivity contribution in [3.8, 4) is 0 Å². The van der Waals surface area contributed by atoms with Crippen LogP contribution in [0.25, 0.3) is 10.9 Å². The Morgan fingerprint density at radius 1 is 1.33 bits per heavy atom. The number of nitrogen functional groups attached to an aromatic ring is 1. The maximum Gasteiger partial charge on any atom is 0.242 e. The van der Waals surface area contributed by atoms with Crippen molar-refractivity contribution in [1.82, 2.24) is 9.88 Å². The highest BCUT2D eigenvalue weighted by Crippen LogP contribution is 2.29. The lowest BCUT2D eigenvalue weighted by Crippen LogP contribution is -2.37. The van der Waals surface area contributed by atoms with Gasteiger partial charge in [0.2, 0.25) is 5.91 Å². The fraction of sp³-hybridized carbons (Fsp3) is 0.375. The van der Waals surface area contributed by atoms with Crippen LogP contribution in [0.5, 0.6) is 0 Å². The molecule has 0 bridgehead atoms. The lowest BCUT2D eigenvalue weighted by Gasteiger charge is -2.24. The van der Waals surface area contributed by atoms with Gasteiger partial charge in [-0.1, -0.05) is 0 Å². The van der Waals surface area contributed by atoms with E-state index >= 15 is 0 Å². The Kier molecular flexibility index (Phi) is 3.64. The molecule has 1 aromatic carbocycles. The van der Waals surface area contributed by atoms with E-state index in [1.165, 1.54) is 0 Å². The number of rotatable bonds is 3. The highest BCUT2D eigenvalue weighted by molar-refractivity contribution is 5.97. The predicted molar refractivity (Wildman–Crippen MR) is 85.2 cm³/mol. The highest BCUT2D eigenvalue weighted by atomic mass is 16.2. The van der Waals surface area contributed by atoms with Crippen LogP contribution in [0.3, 0.4) is 0 Å². The summed E-state index contributed by atoms with van der Waals surface area (Å²) in [6.07, 6.45) is 3.97. The number of nitrogens with zero attached hydrogens (tertiary/aromatic N) is 3. The van der Waals surface area contributed by atoms with Gasteiger partial charge in [-0.3, -0.25) is 9.78 Å². The van der Waals surface area contributed by atoms with Crippen molar-refractivity contribution < 1.29 is 4.79 Å². The van der Waals surface area contributed by atoms with Crippen LogP contribution in [0, 0.1) is 0 Å². The topological polar surface area (TPSA) is 62.5 Å². The lowest BCUT2D eigenvalue weighted by atomic mass is 10.1. The zero-order valence-corrected chi connectivity index (χ0v) is 12.2. The Labute approximate surface area is 124 Å². The monoisotopic (exact) mass is 284 g/mol. The Morgan fingerprint density at radius 3 is 2.86 bits per heavy atom. The molecule has 0 aliphatic carbocycles. The molecular formula is C16H20N4O. The molecule has 1 saturated heterocycles. The van der Waals surface area contributed by atoms with E-state index in [0.29, 0.717) is 12.2 Å². The number of hydrogen-bond acceptors (Lipinski definition) is 4. The van der Waals surface area contributed by atoms with Crippen LogP contribution in [0.1, 0.15) is 12.8 Å². The van der Waals surface area contributed by atoms with Gasteiger partial charge in [-0.25, -0.2) is 0 Å². The van der Waals surface area contributed by atoms with E-state index in [4.69, 9.17) is 5.73 Å². The van der Waals surface area contributed by atoms with Crippen LogP contribution >= 0.6 is 0 Å². The summed E-state index contributed by atoms with van der Waals surface area (Å²) < 4.78 is 0. The molecule has 5 heteroatoms. The van der Waals surface area contributed by atoms with E-state index in [0.717, 1.165) is 42.5 Å². The van der Waals surface area contributed by atoms with Crippen LogP contribution in [0.15, 0.2) is 30.5 Å². The number of pyridine rings is 1. The number of anilines is 2. The molecule has 2 heterocycles. The first-order chi connectivity index (χ1) is 10.2. The number of hydrogen-bond donors (Lipinski definition) is 1. The van der Waals surface area contributed by atoms with Gasteiger partial charge in [0.1, 0.15) is 0 Å². The van der Waals surface area contributed by atoms with Crippen LogP contribution in [0.4, 0.5) is 11.4 Å². The van der Waals surface area contributed by atoms with Crippen LogP contribution in [-0.4, -0.2) is 42.5 Å². The summed E-state index contributed by atoms with van der Waals surface area (Å²) in [6.45, 7) is 2.11. The molecule has 1 fully saturated rings. The summed E-state index contributed by atoms with van der Waals surface area (Å²) in [5, 5.41) is 0.926.